The molecule has 7 rings (SSSR count). The molecular weight excluding hydrogens is 494 g/mol. The van der Waals surface area contributed by atoms with Gasteiger partial charge in [0.2, 0.25) is 29.0 Å². The molecule has 0 radical (unpaired) electrons. The fourth-order valence-electron chi connectivity index (χ4n) is 6.00. The van der Waals surface area contributed by atoms with Crippen LogP contribution >= 0.6 is 0 Å². The smallest absolute Gasteiger partial charge is 0.241 e. The summed E-state index contributed by atoms with van der Waals surface area (Å²) in [5, 5.41) is 0. The van der Waals surface area contributed by atoms with Gasteiger partial charge in [-0.25, -0.2) is 4.90 Å². The van der Waals surface area contributed by atoms with Gasteiger partial charge in [-0.15, -0.1) is 0 Å². The van der Waals surface area contributed by atoms with Gasteiger partial charge >= 0.3 is 0 Å². The van der Waals surface area contributed by atoms with E-state index in [2.05, 4.69) is 0 Å². The molecule has 39 heavy (non-hydrogen) atoms. The van der Waals surface area contributed by atoms with Gasteiger partial charge in [0.05, 0.1) is 23.6 Å². The second-order valence-corrected chi connectivity index (χ2v) is 9.81. The lowest BCUT2D eigenvalue weighted by Crippen LogP contribution is -2.51. The van der Waals surface area contributed by atoms with E-state index in [0.29, 0.717) is 22.7 Å². The van der Waals surface area contributed by atoms with Crippen LogP contribution in [0.3, 0.4) is 0 Å². The second kappa shape index (κ2) is 8.58. The first kappa shape index (κ1) is 23.3. The Bertz CT molecular complexity index is 1610. The molecule has 3 atom stereocenters. The first-order valence-electron chi connectivity index (χ1n) is 12.6. The standard InChI is InChI=1S/C32H21NO6/c34-28-23-13-7-8-14-24(23)29(35)32(28)26-25(27(39-32)19-9-3-1-4-10-19)30(36)33(31(26)37)20-15-17-22(18-16-20)38-21-11-5-2-6-12-21/h1-18,25-27H. The van der Waals surface area contributed by atoms with Crippen LogP contribution in [0.1, 0.15) is 32.4 Å². The van der Waals surface area contributed by atoms with E-state index in [-0.39, 0.29) is 11.1 Å². The van der Waals surface area contributed by atoms with Gasteiger partial charge < -0.3 is 9.47 Å². The lowest BCUT2D eigenvalue weighted by Gasteiger charge is -2.27. The topological polar surface area (TPSA) is 90.0 Å². The minimum Gasteiger partial charge on any atom is -0.457 e. The Hall–Kier alpha value is -4.88. The van der Waals surface area contributed by atoms with Gasteiger partial charge in [-0.05, 0) is 42.0 Å². The maximum atomic E-state index is 14.0. The molecule has 190 valence electrons. The molecule has 0 bridgehead atoms. The predicted octanol–water partition coefficient (Wildman–Crippen LogP) is 5.17. The highest BCUT2D eigenvalue weighted by atomic mass is 16.5. The van der Waals surface area contributed by atoms with Crippen molar-refractivity contribution in [3.8, 4) is 11.5 Å². The van der Waals surface area contributed by atoms with Crippen LogP contribution in [-0.2, 0) is 14.3 Å². The Kier molecular flexibility index (Phi) is 5.11. The minimum atomic E-state index is -2.09. The first-order chi connectivity index (χ1) is 19.0. The number of hydrogen-bond donors (Lipinski definition) is 0. The predicted molar refractivity (Wildman–Crippen MR) is 141 cm³/mol. The molecule has 2 aliphatic heterocycles. The highest BCUT2D eigenvalue weighted by molar-refractivity contribution is 6.37. The minimum absolute atomic E-state index is 0.205. The van der Waals surface area contributed by atoms with Crippen molar-refractivity contribution in [2.45, 2.75) is 11.7 Å². The summed E-state index contributed by atoms with van der Waals surface area (Å²) in [4.78, 5) is 56.7. The maximum Gasteiger partial charge on any atom is 0.241 e. The lowest BCUT2D eigenvalue weighted by atomic mass is 9.77. The number of fused-ring (bicyclic) bond motifs is 3. The molecule has 0 aromatic heterocycles. The van der Waals surface area contributed by atoms with Gasteiger partial charge in [0.1, 0.15) is 11.5 Å². The molecule has 1 aliphatic carbocycles. The van der Waals surface area contributed by atoms with Crippen molar-refractivity contribution in [1.82, 2.24) is 0 Å². The van der Waals surface area contributed by atoms with Crippen molar-refractivity contribution < 1.29 is 28.7 Å². The molecule has 0 N–H and O–H groups in total. The molecule has 2 fully saturated rings. The van der Waals surface area contributed by atoms with Crippen molar-refractivity contribution in [3.63, 3.8) is 0 Å². The van der Waals surface area contributed by atoms with Crippen LogP contribution < -0.4 is 9.64 Å². The van der Waals surface area contributed by atoms with Crippen LogP contribution in [0.2, 0.25) is 0 Å². The average Bonchev–Trinajstić information content (AvgIpc) is 3.54. The van der Waals surface area contributed by atoms with Crippen molar-refractivity contribution >= 4 is 29.1 Å². The number of ether oxygens (including phenoxy) is 2. The average molecular weight is 516 g/mol. The number of carbonyl (C=O) groups is 4. The Morgan fingerprint density at radius 3 is 1.77 bits per heavy atom. The molecular formula is C32H21NO6. The van der Waals surface area contributed by atoms with E-state index in [1.807, 2.05) is 36.4 Å². The molecule has 0 saturated carbocycles. The van der Waals surface area contributed by atoms with Crippen molar-refractivity contribution in [3.05, 3.63) is 126 Å². The molecule has 7 nitrogen and oxygen atoms in total. The second-order valence-electron chi connectivity index (χ2n) is 9.81. The number of imide groups is 1. The number of anilines is 1. The Morgan fingerprint density at radius 2 is 1.15 bits per heavy atom. The molecule has 3 aliphatic rings. The third-order valence-corrected chi connectivity index (χ3v) is 7.72. The van der Waals surface area contributed by atoms with Crippen LogP contribution in [0.5, 0.6) is 11.5 Å². The molecule has 7 heteroatoms. The van der Waals surface area contributed by atoms with Crippen LogP contribution in [0, 0.1) is 11.8 Å². The summed E-state index contributed by atoms with van der Waals surface area (Å²) >= 11 is 0. The van der Waals surface area contributed by atoms with Crippen LogP contribution in [-0.4, -0.2) is 29.0 Å². The van der Waals surface area contributed by atoms with Gasteiger partial charge in [0, 0.05) is 11.1 Å². The highest BCUT2D eigenvalue weighted by Crippen LogP contribution is 2.57. The summed E-state index contributed by atoms with van der Waals surface area (Å²) in [5.74, 6) is -3.44. The molecule has 2 heterocycles. The number of Topliss-reactive ketones (excluding diaryl/α,β-unsaturated/α-hetero) is 2. The van der Waals surface area contributed by atoms with Gasteiger partial charge in [-0.2, -0.15) is 0 Å². The Balaban J connectivity index is 1.30. The zero-order valence-electron chi connectivity index (χ0n) is 20.5. The van der Waals surface area contributed by atoms with Crippen molar-refractivity contribution in [1.29, 1.82) is 0 Å². The number of rotatable bonds is 4. The van der Waals surface area contributed by atoms with E-state index in [1.54, 1.807) is 72.8 Å². The number of para-hydroxylation sites is 1. The van der Waals surface area contributed by atoms with E-state index in [0.717, 1.165) is 4.90 Å². The summed E-state index contributed by atoms with van der Waals surface area (Å²) in [7, 11) is 0. The number of hydrogen-bond acceptors (Lipinski definition) is 6. The molecule has 2 amide bonds. The van der Waals surface area contributed by atoms with E-state index in [1.165, 1.54) is 0 Å². The van der Waals surface area contributed by atoms with Gasteiger partial charge in [-0.3, -0.25) is 19.2 Å². The van der Waals surface area contributed by atoms with Gasteiger partial charge in [0.15, 0.2) is 0 Å². The van der Waals surface area contributed by atoms with Crippen molar-refractivity contribution in [2.75, 3.05) is 4.90 Å². The fourth-order valence-corrected chi connectivity index (χ4v) is 6.00. The third kappa shape index (κ3) is 3.26. The molecule has 2 saturated heterocycles. The van der Waals surface area contributed by atoms with E-state index in [9.17, 15) is 19.2 Å². The maximum absolute atomic E-state index is 14.0. The normalized spacial score (nSPS) is 22.9. The number of carbonyl (C=O) groups excluding carboxylic acids is 4. The highest BCUT2D eigenvalue weighted by Gasteiger charge is 2.74. The Morgan fingerprint density at radius 1 is 0.615 bits per heavy atom. The molecule has 1 spiro atoms. The number of nitrogens with zero attached hydrogens (tertiary/aromatic N) is 1. The summed E-state index contributed by atoms with van der Waals surface area (Å²) in [6, 6.07) is 31.2. The molecule has 4 aromatic carbocycles. The van der Waals surface area contributed by atoms with Crippen molar-refractivity contribution in [2.24, 2.45) is 11.8 Å². The van der Waals surface area contributed by atoms with Gasteiger partial charge in [-0.1, -0.05) is 72.8 Å². The van der Waals surface area contributed by atoms with E-state index >= 15 is 0 Å². The summed E-state index contributed by atoms with van der Waals surface area (Å²) < 4.78 is 12.1. The first-order valence-corrected chi connectivity index (χ1v) is 12.6. The summed E-state index contributed by atoms with van der Waals surface area (Å²) in [6.45, 7) is 0. The largest absolute Gasteiger partial charge is 0.457 e. The quantitative estimate of drug-likeness (QED) is 0.275. The lowest BCUT2D eigenvalue weighted by molar-refractivity contribution is -0.127. The zero-order chi connectivity index (χ0) is 26.7. The van der Waals surface area contributed by atoms with E-state index in [4.69, 9.17) is 9.47 Å². The summed E-state index contributed by atoms with van der Waals surface area (Å²) in [6.07, 6.45) is -0.944. The van der Waals surface area contributed by atoms with Gasteiger partial charge in [0.25, 0.3) is 0 Å². The number of benzene rings is 4. The monoisotopic (exact) mass is 515 g/mol. The molecule has 3 unspecified atom stereocenters. The number of amides is 2. The fraction of sp³-hybridized carbons (Fsp3) is 0.125. The number of ketones is 2. The SMILES string of the molecule is O=C1C2C(c3ccccc3)OC3(C(=O)c4ccccc4C3=O)C2C(=O)N1c1ccc(Oc2ccccc2)cc1. The zero-order valence-corrected chi connectivity index (χ0v) is 20.5. The van der Waals surface area contributed by atoms with Crippen LogP contribution in [0.4, 0.5) is 5.69 Å². The van der Waals surface area contributed by atoms with Crippen LogP contribution in [0.25, 0.3) is 0 Å². The van der Waals surface area contributed by atoms with Crippen LogP contribution in [0.15, 0.2) is 109 Å². The Labute approximate surface area is 223 Å². The molecule has 4 aromatic rings. The third-order valence-electron chi connectivity index (χ3n) is 7.72. The summed E-state index contributed by atoms with van der Waals surface area (Å²) in [5.41, 5.74) is -0.730. The van der Waals surface area contributed by atoms with E-state index < -0.39 is 46.9 Å².